The fourth-order valence-corrected chi connectivity index (χ4v) is 3.90. The van der Waals surface area contributed by atoms with Crippen LogP contribution in [0.2, 0.25) is 0 Å². The predicted octanol–water partition coefficient (Wildman–Crippen LogP) is 4.15. The number of fused-ring (bicyclic) bond motifs is 1. The lowest BCUT2D eigenvalue weighted by atomic mass is 9.98. The standard InChI is InChI=1S/C24H29N5O/c1-16(2)26-24(30)19-10-11-22-20(12-19)21(23-25-15-29(27-23)17(3)4)14-28(22)13-18-8-6-5-7-9-18/h5-12,15-17,21H,13-14H2,1-4H3,(H,26,30)/t21-/m0/s1. The molecule has 3 aromatic rings. The molecule has 1 atom stereocenters. The summed E-state index contributed by atoms with van der Waals surface area (Å²) in [6.45, 7) is 9.73. The number of carbonyl (C=O) groups is 1. The van der Waals surface area contributed by atoms with Crippen LogP contribution in [-0.2, 0) is 6.54 Å². The monoisotopic (exact) mass is 403 g/mol. The number of nitrogens with zero attached hydrogens (tertiary/aromatic N) is 4. The minimum atomic E-state index is -0.0475. The Morgan fingerprint density at radius 3 is 2.57 bits per heavy atom. The fourth-order valence-electron chi connectivity index (χ4n) is 3.90. The van der Waals surface area contributed by atoms with Crippen LogP contribution in [0.4, 0.5) is 5.69 Å². The van der Waals surface area contributed by atoms with E-state index >= 15 is 0 Å². The Morgan fingerprint density at radius 2 is 1.90 bits per heavy atom. The molecule has 1 aliphatic rings. The van der Waals surface area contributed by atoms with E-state index in [9.17, 15) is 4.79 Å². The first-order valence-electron chi connectivity index (χ1n) is 10.6. The van der Waals surface area contributed by atoms with Gasteiger partial charge in [-0.05, 0) is 57.0 Å². The number of amides is 1. The van der Waals surface area contributed by atoms with Gasteiger partial charge in [-0.1, -0.05) is 30.3 Å². The van der Waals surface area contributed by atoms with Crippen molar-refractivity contribution in [3.63, 3.8) is 0 Å². The van der Waals surface area contributed by atoms with Crippen LogP contribution in [0.5, 0.6) is 0 Å². The van der Waals surface area contributed by atoms with Gasteiger partial charge in [-0.3, -0.25) is 9.48 Å². The highest BCUT2D eigenvalue weighted by Gasteiger charge is 2.33. The smallest absolute Gasteiger partial charge is 0.251 e. The molecule has 0 radical (unpaired) electrons. The van der Waals surface area contributed by atoms with Crippen LogP contribution in [0.25, 0.3) is 0 Å². The maximum Gasteiger partial charge on any atom is 0.251 e. The molecule has 4 rings (SSSR count). The summed E-state index contributed by atoms with van der Waals surface area (Å²) in [6, 6.07) is 16.8. The lowest BCUT2D eigenvalue weighted by molar-refractivity contribution is 0.0943. The van der Waals surface area contributed by atoms with Gasteiger partial charge in [0.25, 0.3) is 5.91 Å². The number of carbonyl (C=O) groups excluding carboxylic acids is 1. The summed E-state index contributed by atoms with van der Waals surface area (Å²) in [6.07, 6.45) is 1.80. The summed E-state index contributed by atoms with van der Waals surface area (Å²) in [7, 11) is 0. The van der Waals surface area contributed by atoms with E-state index in [0.29, 0.717) is 5.56 Å². The summed E-state index contributed by atoms with van der Waals surface area (Å²) >= 11 is 0. The van der Waals surface area contributed by atoms with Gasteiger partial charge in [-0.15, -0.1) is 0 Å². The molecule has 0 saturated heterocycles. The van der Waals surface area contributed by atoms with Gasteiger partial charge in [-0.25, -0.2) is 4.98 Å². The second-order valence-corrected chi connectivity index (χ2v) is 8.50. The van der Waals surface area contributed by atoms with Gasteiger partial charge < -0.3 is 10.2 Å². The molecule has 30 heavy (non-hydrogen) atoms. The van der Waals surface area contributed by atoms with Gasteiger partial charge in [0.15, 0.2) is 5.82 Å². The molecule has 0 bridgehead atoms. The van der Waals surface area contributed by atoms with E-state index in [1.54, 1.807) is 6.33 Å². The Labute approximate surface area is 177 Å². The first-order chi connectivity index (χ1) is 14.4. The van der Waals surface area contributed by atoms with E-state index in [1.165, 1.54) is 5.56 Å². The molecular formula is C24H29N5O. The zero-order valence-corrected chi connectivity index (χ0v) is 18.0. The van der Waals surface area contributed by atoms with E-state index in [0.717, 1.165) is 30.2 Å². The third-order valence-corrected chi connectivity index (χ3v) is 5.41. The molecule has 0 fully saturated rings. The molecule has 0 saturated carbocycles. The second kappa shape index (κ2) is 8.30. The van der Waals surface area contributed by atoms with Gasteiger partial charge in [0.05, 0.1) is 5.92 Å². The first-order valence-corrected chi connectivity index (χ1v) is 10.6. The summed E-state index contributed by atoms with van der Waals surface area (Å²) in [5.74, 6) is 0.797. The van der Waals surface area contributed by atoms with E-state index in [1.807, 2.05) is 36.7 Å². The molecule has 2 aromatic carbocycles. The van der Waals surface area contributed by atoms with Crippen molar-refractivity contribution in [3.8, 4) is 0 Å². The van der Waals surface area contributed by atoms with Crippen molar-refractivity contribution < 1.29 is 4.79 Å². The summed E-state index contributed by atoms with van der Waals surface area (Å²) in [5, 5.41) is 7.72. The zero-order chi connectivity index (χ0) is 21.3. The highest BCUT2D eigenvalue weighted by Crippen LogP contribution is 2.40. The van der Waals surface area contributed by atoms with Crippen LogP contribution in [-0.4, -0.2) is 33.3 Å². The molecule has 1 amide bonds. The lowest BCUT2D eigenvalue weighted by Crippen LogP contribution is -2.30. The Morgan fingerprint density at radius 1 is 1.13 bits per heavy atom. The van der Waals surface area contributed by atoms with Crippen molar-refractivity contribution in [1.29, 1.82) is 0 Å². The molecular weight excluding hydrogens is 374 g/mol. The second-order valence-electron chi connectivity index (χ2n) is 8.50. The van der Waals surface area contributed by atoms with Crippen LogP contribution in [0.15, 0.2) is 54.9 Å². The van der Waals surface area contributed by atoms with E-state index < -0.39 is 0 Å². The molecule has 0 spiro atoms. The Balaban J connectivity index is 1.70. The third kappa shape index (κ3) is 4.08. The van der Waals surface area contributed by atoms with Gasteiger partial charge in [0, 0.05) is 36.4 Å². The molecule has 0 aliphatic carbocycles. The highest BCUT2D eigenvalue weighted by molar-refractivity contribution is 5.95. The third-order valence-electron chi connectivity index (χ3n) is 5.41. The van der Waals surface area contributed by atoms with Crippen molar-refractivity contribution in [2.45, 2.75) is 52.2 Å². The van der Waals surface area contributed by atoms with Crippen molar-refractivity contribution >= 4 is 11.6 Å². The zero-order valence-electron chi connectivity index (χ0n) is 18.0. The number of benzene rings is 2. The molecule has 1 N–H and O–H groups in total. The van der Waals surface area contributed by atoms with Crippen molar-refractivity contribution in [3.05, 3.63) is 77.4 Å². The van der Waals surface area contributed by atoms with Crippen LogP contribution in [0.3, 0.4) is 0 Å². The lowest BCUT2D eigenvalue weighted by Gasteiger charge is -2.20. The average molecular weight is 404 g/mol. The minimum Gasteiger partial charge on any atom is -0.366 e. The Hall–Kier alpha value is -3.15. The average Bonchev–Trinajstić information content (AvgIpc) is 3.33. The predicted molar refractivity (Wildman–Crippen MR) is 119 cm³/mol. The van der Waals surface area contributed by atoms with Gasteiger partial charge >= 0.3 is 0 Å². The minimum absolute atomic E-state index is 0.0375. The molecule has 0 unspecified atom stereocenters. The van der Waals surface area contributed by atoms with Crippen molar-refractivity contribution in [2.75, 3.05) is 11.4 Å². The summed E-state index contributed by atoms with van der Waals surface area (Å²) in [5.41, 5.74) is 4.19. The number of hydrogen-bond donors (Lipinski definition) is 1. The SMILES string of the molecule is CC(C)NC(=O)c1ccc2c(c1)[C@@H](c1ncn(C(C)C)n1)CN2Cc1ccccc1. The summed E-state index contributed by atoms with van der Waals surface area (Å²) < 4.78 is 1.89. The fraction of sp³-hybridized carbons (Fsp3) is 0.375. The molecule has 6 nitrogen and oxygen atoms in total. The Bertz CT molecular complexity index is 1030. The quantitative estimate of drug-likeness (QED) is 0.672. The number of nitrogens with one attached hydrogen (secondary N) is 1. The van der Waals surface area contributed by atoms with E-state index in [2.05, 4.69) is 59.4 Å². The Kier molecular flexibility index (Phi) is 5.57. The van der Waals surface area contributed by atoms with Crippen LogP contribution >= 0.6 is 0 Å². The molecule has 156 valence electrons. The first kappa shape index (κ1) is 20.1. The number of aromatic nitrogens is 3. The normalized spacial score (nSPS) is 15.7. The van der Waals surface area contributed by atoms with Crippen LogP contribution in [0.1, 0.15) is 67.0 Å². The van der Waals surface area contributed by atoms with Gasteiger partial charge in [0.1, 0.15) is 6.33 Å². The van der Waals surface area contributed by atoms with Crippen LogP contribution in [0, 0.1) is 0 Å². The molecule has 1 aromatic heterocycles. The molecule has 1 aliphatic heterocycles. The summed E-state index contributed by atoms with van der Waals surface area (Å²) in [4.78, 5) is 19.6. The topological polar surface area (TPSA) is 63.1 Å². The number of rotatable bonds is 6. The van der Waals surface area contributed by atoms with Gasteiger partial charge in [-0.2, -0.15) is 5.10 Å². The highest BCUT2D eigenvalue weighted by atomic mass is 16.1. The van der Waals surface area contributed by atoms with E-state index in [4.69, 9.17) is 5.10 Å². The number of anilines is 1. The van der Waals surface area contributed by atoms with Crippen molar-refractivity contribution in [2.24, 2.45) is 0 Å². The van der Waals surface area contributed by atoms with Crippen molar-refractivity contribution in [1.82, 2.24) is 20.1 Å². The van der Waals surface area contributed by atoms with Gasteiger partial charge in [0.2, 0.25) is 0 Å². The largest absolute Gasteiger partial charge is 0.366 e. The molecule has 2 heterocycles. The maximum atomic E-state index is 12.6. The molecule has 6 heteroatoms. The number of hydrogen-bond acceptors (Lipinski definition) is 4. The van der Waals surface area contributed by atoms with Crippen LogP contribution < -0.4 is 10.2 Å². The maximum absolute atomic E-state index is 12.6. The van der Waals surface area contributed by atoms with E-state index in [-0.39, 0.29) is 23.9 Å².